The Labute approximate surface area is 205 Å². The Bertz CT molecular complexity index is 1120. The first-order valence-corrected chi connectivity index (χ1v) is 12.1. The highest BCUT2D eigenvalue weighted by Gasteiger charge is 2.35. The van der Waals surface area contributed by atoms with Crippen molar-refractivity contribution in [3.05, 3.63) is 41.7 Å². The fourth-order valence-electron chi connectivity index (χ4n) is 5.14. The van der Waals surface area contributed by atoms with Crippen LogP contribution in [0.2, 0.25) is 0 Å². The van der Waals surface area contributed by atoms with Crippen molar-refractivity contribution < 1.29 is 9.59 Å². The van der Waals surface area contributed by atoms with E-state index in [9.17, 15) is 14.9 Å². The molecular weight excluding hydrogens is 444 g/mol. The molecule has 4 rings (SSSR count). The molecule has 2 aliphatic rings. The molecular formula is C25H32N8O2. The van der Waals surface area contributed by atoms with E-state index in [1.807, 2.05) is 31.2 Å². The van der Waals surface area contributed by atoms with Crippen LogP contribution in [0, 0.1) is 11.3 Å². The fraction of sp³-hybridized carbons (Fsp3) is 0.480. The lowest BCUT2D eigenvalue weighted by molar-refractivity contribution is 0.0996. The van der Waals surface area contributed by atoms with Crippen molar-refractivity contribution in [2.75, 3.05) is 23.8 Å². The van der Waals surface area contributed by atoms with E-state index in [4.69, 9.17) is 10.7 Å². The number of nitrogens with one attached hydrogen (secondary N) is 3. The number of piperidine rings is 1. The van der Waals surface area contributed by atoms with E-state index in [2.05, 4.69) is 31.9 Å². The minimum absolute atomic E-state index is 0.0181. The highest BCUT2D eigenvalue weighted by molar-refractivity contribution is 5.96. The number of nitrogens with two attached hydrogens (primary N) is 1. The zero-order valence-corrected chi connectivity index (χ0v) is 20.2. The maximum absolute atomic E-state index is 12.1. The summed E-state index contributed by atoms with van der Waals surface area (Å²) < 4.78 is 0. The van der Waals surface area contributed by atoms with Gasteiger partial charge in [0.15, 0.2) is 11.5 Å². The lowest BCUT2D eigenvalue weighted by Gasteiger charge is -2.40. The van der Waals surface area contributed by atoms with Gasteiger partial charge in [0.05, 0.1) is 23.7 Å². The monoisotopic (exact) mass is 476 g/mol. The second-order valence-electron chi connectivity index (χ2n) is 9.30. The van der Waals surface area contributed by atoms with Gasteiger partial charge >= 0.3 is 6.03 Å². The average Bonchev–Trinajstić information content (AvgIpc) is 3.36. The van der Waals surface area contributed by atoms with Crippen LogP contribution in [0.1, 0.15) is 61.5 Å². The van der Waals surface area contributed by atoms with Gasteiger partial charge in [0.1, 0.15) is 5.82 Å². The fourth-order valence-corrected chi connectivity index (χ4v) is 5.14. The summed E-state index contributed by atoms with van der Waals surface area (Å²) in [6.45, 7) is 2.78. The molecule has 10 heteroatoms. The SMILES string of the molecule is CNC(=O)N[C@@H]1CCCN(c2cnc(C(N)=O)c(Nc3ccc(C4(C#N)CCCC4)cc3)n2)[C@@H]1C. The molecule has 0 unspecified atom stereocenters. The standard InChI is InChI=1S/C25H32N8O2/c1-16-19(31-24(35)28-2)6-5-13-33(16)20-14-29-21(22(27)34)23(32-20)30-18-9-7-17(8-10-18)25(15-26)11-3-4-12-25/h7-10,14,16,19H,3-6,11-13H2,1-2H3,(H2,27,34)(H,30,32)(H2,28,31,35)/t16-,19-/m1/s1. The van der Waals surface area contributed by atoms with Gasteiger partial charge in [0.2, 0.25) is 0 Å². The molecule has 1 saturated heterocycles. The predicted octanol–water partition coefficient (Wildman–Crippen LogP) is 2.94. The van der Waals surface area contributed by atoms with Crippen molar-refractivity contribution >= 4 is 29.3 Å². The van der Waals surface area contributed by atoms with Gasteiger partial charge in [-0.3, -0.25) is 4.79 Å². The average molecular weight is 477 g/mol. The molecule has 3 amide bonds. The highest BCUT2D eigenvalue weighted by Crippen LogP contribution is 2.41. The number of nitrogens with zero attached hydrogens (tertiary/aromatic N) is 4. The Kier molecular flexibility index (Phi) is 7.05. The summed E-state index contributed by atoms with van der Waals surface area (Å²) in [5, 5.41) is 18.5. The number of aromatic nitrogens is 2. The molecule has 1 aliphatic heterocycles. The number of benzene rings is 1. The third-order valence-electron chi connectivity index (χ3n) is 7.19. The number of amides is 3. The van der Waals surface area contributed by atoms with E-state index in [0.29, 0.717) is 5.82 Å². The molecule has 2 fully saturated rings. The molecule has 1 aromatic carbocycles. The molecule has 0 bridgehead atoms. The van der Waals surface area contributed by atoms with Crippen molar-refractivity contribution in [3.8, 4) is 6.07 Å². The first-order chi connectivity index (χ1) is 16.9. The van der Waals surface area contributed by atoms with Crippen molar-refractivity contribution in [1.82, 2.24) is 20.6 Å². The van der Waals surface area contributed by atoms with Gasteiger partial charge in [-0.15, -0.1) is 0 Å². The van der Waals surface area contributed by atoms with Crippen molar-refractivity contribution in [2.45, 2.75) is 62.9 Å². The van der Waals surface area contributed by atoms with Crippen LogP contribution in [0.4, 0.5) is 22.1 Å². The van der Waals surface area contributed by atoms with E-state index in [1.165, 1.54) is 0 Å². The van der Waals surface area contributed by atoms with Crippen LogP contribution in [0.15, 0.2) is 30.5 Å². The predicted molar refractivity (Wildman–Crippen MR) is 133 cm³/mol. The summed E-state index contributed by atoms with van der Waals surface area (Å²) in [7, 11) is 1.59. The molecule has 2 heterocycles. The zero-order valence-electron chi connectivity index (χ0n) is 20.2. The largest absolute Gasteiger partial charge is 0.364 e. The van der Waals surface area contributed by atoms with Crippen LogP contribution in [0.25, 0.3) is 0 Å². The molecule has 10 nitrogen and oxygen atoms in total. The van der Waals surface area contributed by atoms with E-state index in [0.717, 1.165) is 56.3 Å². The number of primary amides is 1. The van der Waals surface area contributed by atoms with Crippen LogP contribution in [-0.2, 0) is 5.41 Å². The summed E-state index contributed by atoms with van der Waals surface area (Å²) in [6, 6.07) is 9.92. The minimum Gasteiger partial charge on any atom is -0.364 e. The van der Waals surface area contributed by atoms with Crippen LogP contribution in [0.3, 0.4) is 0 Å². The van der Waals surface area contributed by atoms with Crippen molar-refractivity contribution in [2.24, 2.45) is 5.73 Å². The van der Waals surface area contributed by atoms with Crippen LogP contribution < -0.4 is 26.6 Å². The van der Waals surface area contributed by atoms with E-state index < -0.39 is 11.3 Å². The van der Waals surface area contributed by atoms with Gasteiger partial charge in [-0.2, -0.15) is 5.26 Å². The minimum atomic E-state index is -0.677. The molecule has 0 spiro atoms. The third-order valence-corrected chi connectivity index (χ3v) is 7.19. The lowest BCUT2D eigenvalue weighted by Crippen LogP contribution is -2.55. The summed E-state index contributed by atoms with van der Waals surface area (Å²) in [6.07, 6.45) is 7.16. The van der Waals surface area contributed by atoms with E-state index in [-0.39, 0.29) is 29.6 Å². The highest BCUT2D eigenvalue weighted by atomic mass is 16.2. The van der Waals surface area contributed by atoms with Crippen molar-refractivity contribution in [3.63, 3.8) is 0 Å². The maximum Gasteiger partial charge on any atom is 0.314 e. The van der Waals surface area contributed by atoms with Crippen LogP contribution >= 0.6 is 0 Å². The molecule has 2 aromatic rings. The summed E-state index contributed by atoms with van der Waals surface area (Å²) in [4.78, 5) is 35.0. The molecule has 2 atom stereocenters. The van der Waals surface area contributed by atoms with Crippen LogP contribution in [-0.4, -0.2) is 47.6 Å². The molecule has 5 N–H and O–H groups in total. The quantitative estimate of drug-likeness (QED) is 0.501. The number of hydrogen-bond acceptors (Lipinski definition) is 7. The summed E-state index contributed by atoms with van der Waals surface area (Å²) in [5.41, 5.74) is 6.94. The van der Waals surface area contributed by atoms with Crippen LogP contribution in [0.5, 0.6) is 0 Å². The number of carbonyl (C=O) groups is 2. The molecule has 1 aromatic heterocycles. The second-order valence-corrected chi connectivity index (χ2v) is 9.30. The number of anilines is 3. The van der Waals surface area contributed by atoms with E-state index in [1.54, 1.807) is 13.2 Å². The van der Waals surface area contributed by atoms with Gasteiger partial charge in [-0.05, 0) is 50.3 Å². The van der Waals surface area contributed by atoms with Gasteiger partial charge in [0, 0.05) is 25.3 Å². The topological polar surface area (TPSA) is 149 Å². The van der Waals surface area contributed by atoms with Gasteiger partial charge < -0.3 is 26.6 Å². The smallest absolute Gasteiger partial charge is 0.314 e. The molecule has 35 heavy (non-hydrogen) atoms. The Morgan fingerprint density at radius 2 is 1.91 bits per heavy atom. The number of nitriles is 1. The number of hydrogen-bond donors (Lipinski definition) is 4. The lowest BCUT2D eigenvalue weighted by atomic mass is 9.80. The first-order valence-electron chi connectivity index (χ1n) is 12.1. The normalized spacial score (nSPS) is 21.1. The molecule has 1 aliphatic carbocycles. The Balaban J connectivity index is 1.58. The van der Waals surface area contributed by atoms with Gasteiger partial charge in [-0.25, -0.2) is 14.8 Å². The number of rotatable bonds is 6. The maximum atomic E-state index is 12.1. The summed E-state index contributed by atoms with van der Waals surface area (Å²) in [5.74, 6) is 0.190. The van der Waals surface area contributed by atoms with E-state index >= 15 is 0 Å². The Hall–Kier alpha value is -3.87. The Morgan fingerprint density at radius 1 is 1.20 bits per heavy atom. The number of urea groups is 1. The summed E-state index contributed by atoms with van der Waals surface area (Å²) >= 11 is 0. The first kappa shape index (κ1) is 24.3. The molecule has 0 radical (unpaired) electrons. The van der Waals surface area contributed by atoms with Gasteiger partial charge in [-0.1, -0.05) is 25.0 Å². The zero-order chi connectivity index (χ0) is 25.0. The second kappa shape index (κ2) is 10.2. The number of carbonyl (C=O) groups excluding carboxylic acids is 2. The third kappa shape index (κ3) is 4.99. The molecule has 1 saturated carbocycles. The molecule has 184 valence electrons. The van der Waals surface area contributed by atoms with Crippen molar-refractivity contribution in [1.29, 1.82) is 5.26 Å². The Morgan fingerprint density at radius 3 is 2.54 bits per heavy atom. The van der Waals surface area contributed by atoms with Gasteiger partial charge in [0.25, 0.3) is 5.91 Å².